The van der Waals surface area contributed by atoms with Gasteiger partial charge in [-0.25, -0.2) is 4.98 Å². The summed E-state index contributed by atoms with van der Waals surface area (Å²) < 4.78 is 0. The van der Waals surface area contributed by atoms with E-state index in [0.29, 0.717) is 15.4 Å². The molecule has 0 aromatic carbocycles. The Kier molecular flexibility index (Phi) is 3.70. The van der Waals surface area contributed by atoms with Crippen molar-refractivity contribution in [1.82, 2.24) is 10.3 Å². The van der Waals surface area contributed by atoms with Crippen LogP contribution in [0.1, 0.15) is 16.6 Å². The van der Waals surface area contributed by atoms with Crippen LogP contribution in [0.4, 0.5) is 5.69 Å². The lowest BCUT2D eigenvalue weighted by Crippen LogP contribution is -2.51. The summed E-state index contributed by atoms with van der Waals surface area (Å²) in [7, 11) is 0. The van der Waals surface area contributed by atoms with E-state index < -0.39 is 11.4 Å². The number of nitrogen functional groups attached to an aromatic ring is 1. The Hall–Kier alpha value is -1.70. The van der Waals surface area contributed by atoms with Crippen LogP contribution in [0.3, 0.4) is 0 Å². The van der Waals surface area contributed by atoms with Gasteiger partial charge in [0.2, 0.25) is 0 Å². The number of pyridine rings is 1. The van der Waals surface area contributed by atoms with E-state index >= 15 is 0 Å². The molecule has 0 aliphatic heterocycles. The maximum Gasteiger partial charge on any atom is 0.264 e. The summed E-state index contributed by atoms with van der Waals surface area (Å²) in [6.45, 7) is 0.823. The van der Waals surface area contributed by atoms with Crippen molar-refractivity contribution in [3.05, 3.63) is 23.2 Å². The van der Waals surface area contributed by atoms with Crippen LogP contribution in [0.5, 0.6) is 0 Å². The van der Waals surface area contributed by atoms with Crippen LogP contribution in [0.25, 0.3) is 10.2 Å². The molecule has 0 atom stereocenters. The predicted octanol–water partition coefficient (Wildman–Crippen LogP) is 0.352. The smallest absolute Gasteiger partial charge is 0.264 e. The molecule has 0 unspecified atom stereocenters. The highest BCUT2D eigenvalue weighted by molar-refractivity contribution is 7.21. The van der Waals surface area contributed by atoms with Gasteiger partial charge in [-0.1, -0.05) is 0 Å². The summed E-state index contributed by atoms with van der Waals surface area (Å²) >= 11 is 1.18. The van der Waals surface area contributed by atoms with Gasteiger partial charge < -0.3 is 21.3 Å². The maximum atomic E-state index is 12.1. The number of anilines is 1. The van der Waals surface area contributed by atoms with Crippen LogP contribution in [0.2, 0.25) is 0 Å². The molecule has 0 spiro atoms. The Morgan fingerprint density at radius 2 is 2.21 bits per heavy atom. The molecule has 6 nitrogen and oxygen atoms in total. The van der Waals surface area contributed by atoms with Gasteiger partial charge in [0.25, 0.3) is 5.91 Å². The van der Waals surface area contributed by atoms with Gasteiger partial charge in [-0.15, -0.1) is 11.3 Å². The van der Waals surface area contributed by atoms with E-state index in [1.807, 2.05) is 0 Å². The Morgan fingerprint density at radius 1 is 1.53 bits per heavy atom. The van der Waals surface area contributed by atoms with Crippen molar-refractivity contribution >= 4 is 33.1 Å². The van der Waals surface area contributed by atoms with Gasteiger partial charge in [-0.05, 0) is 19.1 Å². The van der Waals surface area contributed by atoms with Crippen molar-refractivity contribution in [2.75, 3.05) is 18.9 Å². The highest BCUT2D eigenvalue weighted by Crippen LogP contribution is 2.32. The van der Waals surface area contributed by atoms with Gasteiger partial charge in [-0.2, -0.15) is 0 Å². The number of aromatic nitrogens is 1. The lowest BCUT2D eigenvalue weighted by atomic mass is 10.1. The van der Waals surface area contributed by atoms with E-state index in [2.05, 4.69) is 10.3 Å². The summed E-state index contributed by atoms with van der Waals surface area (Å²) in [6.07, 6.45) is 1.63. The van der Waals surface area contributed by atoms with E-state index in [9.17, 15) is 15.0 Å². The standard InChI is InChI=1S/C12H15N3O3S/c1-12(5-16,6-17)15-10(18)9-8(13)7-3-2-4-14-11(7)19-9/h2-4,16-17H,5-6,13H2,1H3,(H,15,18). The molecule has 7 heteroatoms. The molecule has 2 aromatic rings. The van der Waals surface area contributed by atoms with E-state index in [1.54, 1.807) is 25.3 Å². The number of hydrogen-bond acceptors (Lipinski definition) is 6. The Bertz CT molecular complexity index is 607. The fourth-order valence-electron chi connectivity index (χ4n) is 1.58. The minimum atomic E-state index is -1.08. The number of nitrogens with one attached hydrogen (secondary N) is 1. The van der Waals surface area contributed by atoms with Crippen molar-refractivity contribution in [3.63, 3.8) is 0 Å². The predicted molar refractivity (Wildman–Crippen MR) is 74.1 cm³/mol. The summed E-state index contributed by atoms with van der Waals surface area (Å²) in [5.41, 5.74) is 5.21. The zero-order valence-corrected chi connectivity index (χ0v) is 11.2. The molecular weight excluding hydrogens is 266 g/mol. The number of carbonyl (C=O) groups excluding carboxylic acids is 1. The molecule has 0 fully saturated rings. The number of thiophene rings is 1. The summed E-state index contributed by atoms with van der Waals surface area (Å²) in [4.78, 5) is 17.3. The number of nitrogens with zero attached hydrogens (tertiary/aromatic N) is 1. The lowest BCUT2D eigenvalue weighted by Gasteiger charge is -2.25. The second-order valence-electron chi connectivity index (χ2n) is 4.53. The molecule has 1 amide bonds. The van der Waals surface area contributed by atoms with Gasteiger partial charge in [0.1, 0.15) is 9.71 Å². The summed E-state index contributed by atoms with van der Waals surface area (Å²) in [5.74, 6) is -0.425. The minimum absolute atomic E-state index is 0.335. The van der Waals surface area contributed by atoms with Gasteiger partial charge in [-0.3, -0.25) is 4.79 Å². The summed E-state index contributed by atoms with van der Waals surface area (Å²) in [6, 6.07) is 3.54. The van der Waals surface area contributed by atoms with E-state index in [4.69, 9.17) is 5.73 Å². The molecule has 0 bridgehead atoms. The normalized spacial score (nSPS) is 11.7. The number of carbonyl (C=O) groups is 1. The van der Waals surface area contributed by atoms with Crippen LogP contribution < -0.4 is 11.1 Å². The molecule has 0 aliphatic rings. The van der Waals surface area contributed by atoms with E-state index in [1.165, 1.54) is 11.3 Å². The largest absolute Gasteiger partial charge is 0.397 e. The first kappa shape index (κ1) is 13.7. The third kappa shape index (κ3) is 2.53. The zero-order chi connectivity index (χ0) is 14.0. The number of amides is 1. The van der Waals surface area contributed by atoms with Crippen LogP contribution in [0, 0.1) is 0 Å². The molecule has 19 heavy (non-hydrogen) atoms. The third-order valence-electron chi connectivity index (χ3n) is 2.82. The highest BCUT2D eigenvalue weighted by atomic mass is 32.1. The van der Waals surface area contributed by atoms with Gasteiger partial charge in [0, 0.05) is 11.6 Å². The lowest BCUT2D eigenvalue weighted by molar-refractivity contribution is 0.0728. The Labute approximate surface area is 113 Å². The number of hydrogen-bond donors (Lipinski definition) is 4. The van der Waals surface area contributed by atoms with E-state index in [0.717, 1.165) is 5.39 Å². The second kappa shape index (κ2) is 5.12. The zero-order valence-electron chi connectivity index (χ0n) is 10.4. The molecule has 2 rings (SSSR count). The maximum absolute atomic E-state index is 12.1. The monoisotopic (exact) mass is 281 g/mol. The second-order valence-corrected chi connectivity index (χ2v) is 5.53. The van der Waals surface area contributed by atoms with Crippen LogP contribution in [0.15, 0.2) is 18.3 Å². The average Bonchev–Trinajstić information content (AvgIpc) is 2.76. The quantitative estimate of drug-likeness (QED) is 0.646. The fourth-order valence-corrected chi connectivity index (χ4v) is 2.54. The number of aliphatic hydroxyl groups is 2. The van der Waals surface area contributed by atoms with Crippen LogP contribution >= 0.6 is 11.3 Å². The third-order valence-corrected chi connectivity index (χ3v) is 3.95. The van der Waals surface area contributed by atoms with E-state index in [-0.39, 0.29) is 13.2 Å². The molecule has 0 saturated carbocycles. The number of rotatable bonds is 4. The van der Waals surface area contributed by atoms with Crippen molar-refractivity contribution < 1.29 is 15.0 Å². The SMILES string of the molecule is CC(CO)(CO)NC(=O)c1sc2ncccc2c1N. The Morgan fingerprint density at radius 3 is 2.79 bits per heavy atom. The molecule has 0 radical (unpaired) electrons. The first-order valence-electron chi connectivity index (χ1n) is 5.68. The molecular formula is C12H15N3O3S. The molecule has 5 N–H and O–H groups in total. The molecule has 2 aromatic heterocycles. The topological polar surface area (TPSA) is 108 Å². The van der Waals surface area contributed by atoms with Gasteiger partial charge >= 0.3 is 0 Å². The van der Waals surface area contributed by atoms with Crippen molar-refractivity contribution in [3.8, 4) is 0 Å². The fraction of sp³-hybridized carbons (Fsp3) is 0.333. The number of fused-ring (bicyclic) bond motifs is 1. The molecule has 102 valence electrons. The molecule has 2 heterocycles. The first-order chi connectivity index (χ1) is 9.00. The molecule has 0 aliphatic carbocycles. The van der Waals surface area contributed by atoms with Crippen molar-refractivity contribution in [1.29, 1.82) is 0 Å². The number of nitrogens with two attached hydrogens (primary N) is 1. The number of aliphatic hydroxyl groups excluding tert-OH is 2. The summed E-state index contributed by atoms with van der Waals surface area (Å²) in [5, 5.41) is 21.7. The first-order valence-corrected chi connectivity index (χ1v) is 6.49. The van der Waals surface area contributed by atoms with Crippen molar-refractivity contribution in [2.24, 2.45) is 0 Å². The van der Waals surface area contributed by atoms with Gasteiger partial charge in [0.05, 0.1) is 24.4 Å². The average molecular weight is 281 g/mol. The van der Waals surface area contributed by atoms with Gasteiger partial charge in [0.15, 0.2) is 0 Å². The van der Waals surface area contributed by atoms with Crippen LogP contribution in [-0.4, -0.2) is 39.9 Å². The highest BCUT2D eigenvalue weighted by Gasteiger charge is 2.27. The van der Waals surface area contributed by atoms with Crippen LogP contribution in [-0.2, 0) is 0 Å². The van der Waals surface area contributed by atoms with Crippen molar-refractivity contribution in [2.45, 2.75) is 12.5 Å². The minimum Gasteiger partial charge on any atom is -0.397 e. The Balaban J connectivity index is 2.34. The molecule has 0 saturated heterocycles.